The summed E-state index contributed by atoms with van der Waals surface area (Å²) in [7, 11) is 0. The summed E-state index contributed by atoms with van der Waals surface area (Å²) in [6.07, 6.45) is 0. The molecule has 0 fully saturated rings. The quantitative estimate of drug-likeness (QED) is 0.797. The van der Waals surface area contributed by atoms with Crippen molar-refractivity contribution >= 4 is 11.6 Å². The van der Waals surface area contributed by atoms with E-state index >= 15 is 0 Å². The Bertz CT molecular complexity index is 654. The maximum Gasteiger partial charge on any atom is 0.257 e. The number of hydrogen-bond donors (Lipinski definition) is 1. The van der Waals surface area contributed by atoms with Crippen LogP contribution in [-0.4, -0.2) is 10.8 Å². The lowest BCUT2D eigenvalue weighted by atomic mass is 10.1. The zero-order valence-corrected chi connectivity index (χ0v) is 10.3. The molecule has 0 saturated carbocycles. The summed E-state index contributed by atoms with van der Waals surface area (Å²) in [4.78, 5) is 13.9. The first-order valence-electron chi connectivity index (χ1n) is 6.06. The van der Waals surface area contributed by atoms with Crippen LogP contribution in [0.1, 0.15) is 21.5 Å². The van der Waals surface area contributed by atoms with Crippen molar-refractivity contribution in [3.05, 3.63) is 65.0 Å². The van der Waals surface area contributed by atoms with E-state index in [4.69, 9.17) is 5.73 Å². The average Bonchev–Trinajstić information content (AvgIpc) is 2.81. The van der Waals surface area contributed by atoms with Crippen LogP contribution in [0.4, 0.5) is 10.1 Å². The number of rotatable bonds is 1. The number of anilines is 1. The van der Waals surface area contributed by atoms with Crippen molar-refractivity contribution in [3.63, 3.8) is 0 Å². The van der Waals surface area contributed by atoms with E-state index in [1.807, 2.05) is 18.2 Å². The molecule has 96 valence electrons. The molecule has 0 aromatic heterocycles. The molecule has 1 heterocycles. The molecule has 1 aliphatic rings. The smallest absolute Gasteiger partial charge is 0.257 e. The molecule has 3 nitrogen and oxygen atoms in total. The van der Waals surface area contributed by atoms with Crippen LogP contribution in [0.25, 0.3) is 0 Å². The van der Waals surface area contributed by atoms with E-state index < -0.39 is 5.82 Å². The molecular weight excluding hydrogens is 243 g/mol. The second-order valence-corrected chi connectivity index (χ2v) is 4.67. The third-order valence-electron chi connectivity index (χ3n) is 3.34. The lowest BCUT2D eigenvalue weighted by Gasteiger charge is -2.15. The number of halogens is 1. The fraction of sp³-hybridized carbons (Fsp3) is 0.133. The molecule has 0 radical (unpaired) electrons. The van der Waals surface area contributed by atoms with Crippen molar-refractivity contribution in [1.29, 1.82) is 0 Å². The zero-order valence-electron chi connectivity index (χ0n) is 10.3. The summed E-state index contributed by atoms with van der Waals surface area (Å²) in [6.45, 7) is 0.982. The molecule has 1 aliphatic heterocycles. The fourth-order valence-corrected chi connectivity index (χ4v) is 2.36. The molecule has 2 aromatic rings. The lowest BCUT2D eigenvalue weighted by molar-refractivity contribution is 0.0746. The highest BCUT2D eigenvalue weighted by molar-refractivity contribution is 5.94. The van der Waals surface area contributed by atoms with Crippen molar-refractivity contribution < 1.29 is 9.18 Å². The molecule has 3 rings (SSSR count). The minimum Gasteiger partial charge on any atom is -0.399 e. The Kier molecular flexibility index (Phi) is 2.71. The molecule has 2 aromatic carbocycles. The van der Waals surface area contributed by atoms with Crippen molar-refractivity contribution in [3.8, 4) is 0 Å². The molecule has 19 heavy (non-hydrogen) atoms. The van der Waals surface area contributed by atoms with Gasteiger partial charge in [0, 0.05) is 18.8 Å². The predicted octanol–water partition coefficient (Wildman–Crippen LogP) is 2.56. The number of hydrogen-bond acceptors (Lipinski definition) is 2. The molecule has 0 aliphatic carbocycles. The third kappa shape index (κ3) is 2.05. The van der Waals surface area contributed by atoms with E-state index in [1.54, 1.807) is 17.0 Å². The Balaban J connectivity index is 1.87. The first-order valence-corrected chi connectivity index (χ1v) is 6.06. The summed E-state index contributed by atoms with van der Waals surface area (Å²) in [5.74, 6) is -0.768. The maximum absolute atomic E-state index is 13.6. The van der Waals surface area contributed by atoms with Gasteiger partial charge in [0.15, 0.2) is 0 Å². The summed E-state index contributed by atoms with van der Waals surface area (Å²) in [5.41, 5.74) is 8.62. The predicted molar refractivity (Wildman–Crippen MR) is 70.8 cm³/mol. The summed E-state index contributed by atoms with van der Waals surface area (Å²) < 4.78 is 13.6. The highest BCUT2D eigenvalue weighted by Crippen LogP contribution is 2.26. The van der Waals surface area contributed by atoms with Crippen LogP contribution in [0.15, 0.2) is 42.5 Å². The van der Waals surface area contributed by atoms with E-state index in [0.717, 1.165) is 11.1 Å². The van der Waals surface area contributed by atoms with Crippen LogP contribution in [0, 0.1) is 5.82 Å². The first-order chi connectivity index (χ1) is 9.15. The fourth-order valence-electron chi connectivity index (χ4n) is 2.36. The Labute approximate surface area is 110 Å². The van der Waals surface area contributed by atoms with Gasteiger partial charge in [-0.15, -0.1) is 0 Å². The van der Waals surface area contributed by atoms with E-state index in [0.29, 0.717) is 18.8 Å². The van der Waals surface area contributed by atoms with Crippen LogP contribution in [0.2, 0.25) is 0 Å². The summed E-state index contributed by atoms with van der Waals surface area (Å²) in [6, 6.07) is 11.6. The minimum absolute atomic E-state index is 0.114. The number of fused-ring (bicyclic) bond motifs is 1. The highest BCUT2D eigenvalue weighted by atomic mass is 19.1. The molecule has 4 heteroatoms. The standard InChI is InChI=1S/C15H13FN2O/c16-14-4-2-1-3-13(14)15(19)18-8-10-5-6-12(17)7-11(10)9-18/h1-7H,8-9,17H2. The van der Waals surface area contributed by atoms with E-state index in [2.05, 4.69) is 0 Å². The molecule has 0 spiro atoms. The number of amides is 1. The van der Waals surface area contributed by atoms with Gasteiger partial charge < -0.3 is 10.6 Å². The van der Waals surface area contributed by atoms with Gasteiger partial charge in [0.25, 0.3) is 5.91 Å². The number of nitrogens with two attached hydrogens (primary N) is 1. The SMILES string of the molecule is Nc1ccc2c(c1)CN(C(=O)c1ccccc1F)C2. The van der Waals surface area contributed by atoms with Gasteiger partial charge in [0.1, 0.15) is 5.82 Å². The number of nitrogen functional groups attached to an aromatic ring is 1. The monoisotopic (exact) mass is 256 g/mol. The highest BCUT2D eigenvalue weighted by Gasteiger charge is 2.25. The number of benzene rings is 2. The van der Waals surface area contributed by atoms with Gasteiger partial charge in [0.05, 0.1) is 5.56 Å². The molecule has 0 bridgehead atoms. The van der Waals surface area contributed by atoms with Gasteiger partial charge in [-0.3, -0.25) is 4.79 Å². The van der Waals surface area contributed by atoms with Crippen molar-refractivity contribution in [2.45, 2.75) is 13.1 Å². The van der Waals surface area contributed by atoms with Gasteiger partial charge in [-0.25, -0.2) is 4.39 Å². The minimum atomic E-state index is -0.483. The van der Waals surface area contributed by atoms with Crippen LogP contribution in [0.3, 0.4) is 0 Å². The largest absolute Gasteiger partial charge is 0.399 e. The average molecular weight is 256 g/mol. The zero-order chi connectivity index (χ0) is 13.4. The van der Waals surface area contributed by atoms with E-state index in [9.17, 15) is 9.18 Å². The van der Waals surface area contributed by atoms with Gasteiger partial charge in [-0.1, -0.05) is 18.2 Å². The lowest BCUT2D eigenvalue weighted by Crippen LogP contribution is -2.26. The molecule has 1 amide bonds. The van der Waals surface area contributed by atoms with Crippen molar-refractivity contribution in [1.82, 2.24) is 4.90 Å². The van der Waals surface area contributed by atoms with Crippen molar-refractivity contribution in [2.24, 2.45) is 0 Å². The van der Waals surface area contributed by atoms with Crippen LogP contribution >= 0.6 is 0 Å². The van der Waals surface area contributed by atoms with E-state index in [1.165, 1.54) is 12.1 Å². The molecule has 2 N–H and O–H groups in total. The Hall–Kier alpha value is -2.36. The first kappa shape index (κ1) is 11.7. The van der Waals surface area contributed by atoms with E-state index in [-0.39, 0.29) is 11.5 Å². The van der Waals surface area contributed by atoms with Gasteiger partial charge in [-0.05, 0) is 35.4 Å². The summed E-state index contributed by atoms with van der Waals surface area (Å²) >= 11 is 0. The number of nitrogens with zero attached hydrogens (tertiary/aromatic N) is 1. The van der Waals surface area contributed by atoms with Crippen LogP contribution in [-0.2, 0) is 13.1 Å². The summed E-state index contributed by atoms with van der Waals surface area (Å²) in [5, 5.41) is 0. The Morgan fingerprint density at radius 3 is 2.63 bits per heavy atom. The Morgan fingerprint density at radius 2 is 1.84 bits per heavy atom. The molecule has 0 atom stereocenters. The normalized spacial score (nSPS) is 13.4. The van der Waals surface area contributed by atoms with Gasteiger partial charge >= 0.3 is 0 Å². The molecule has 0 saturated heterocycles. The topological polar surface area (TPSA) is 46.3 Å². The maximum atomic E-state index is 13.6. The number of carbonyl (C=O) groups is 1. The van der Waals surface area contributed by atoms with Gasteiger partial charge in [0.2, 0.25) is 0 Å². The Morgan fingerprint density at radius 1 is 1.11 bits per heavy atom. The van der Waals surface area contributed by atoms with Gasteiger partial charge in [-0.2, -0.15) is 0 Å². The second-order valence-electron chi connectivity index (χ2n) is 4.67. The van der Waals surface area contributed by atoms with Crippen molar-refractivity contribution in [2.75, 3.05) is 5.73 Å². The van der Waals surface area contributed by atoms with Crippen LogP contribution < -0.4 is 5.73 Å². The second kappa shape index (κ2) is 4.39. The number of carbonyl (C=O) groups excluding carboxylic acids is 1. The van der Waals surface area contributed by atoms with Crippen LogP contribution in [0.5, 0.6) is 0 Å². The third-order valence-corrected chi connectivity index (χ3v) is 3.34. The molecule has 0 unspecified atom stereocenters. The molecular formula is C15H13FN2O.